The Morgan fingerprint density at radius 3 is 2.67 bits per heavy atom. The zero-order valence-corrected chi connectivity index (χ0v) is 9.71. The molecule has 0 spiro atoms. The van der Waals surface area contributed by atoms with E-state index >= 15 is 0 Å². The maximum atomic E-state index is 10.8. The SMILES string of the molecule is Cc1cc(-c2ccc(=O)[nH]n2)ccc1Br. The summed E-state index contributed by atoms with van der Waals surface area (Å²) in [5.74, 6) is 0. The quantitative estimate of drug-likeness (QED) is 0.861. The van der Waals surface area contributed by atoms with E-state index in [-0.39, 0.29) is 5.56 Å². The second kappa shape index (κ2) is 3.98. The van der Waals surface area contributed by atoms with E-state index in [4.69, 9.17) is 0 Å². The van der Waals surface area contributed by atoms with Crippen LogP contribution in [-0.2, 0) is 0 Å². The summed E-state index contributed by atoms with van der Waals surface area (Å²) in [7, 11) is 0. The number of nitrogens with one attached hydrogen (secondary N) is 1. The number of aryl methyl sites for hydroxylation is 1. The van der Waals surface area contributed by atoms with Crippen LogP contribution in [0.3, 0.4) is 0 Å². The maximum Gasteiger partial charge on any atom is 0.264 e. The molecule has 0 saturated heterocycles. The third-order valence-electron chi connectivity index (χ3n) is 2.13. The van der Waals surface area contributed by atoms with Crippen LogP contribution >= 0.6 is 15.9 Å². The number of hydrogen-bond acceptors (Lipinski definition) is 2. The van der Waals surface area contributed by atoms with Crippen LogP contribution in [0.5, 0.6) is 0 Å². The molecule has 2 rings (SSSR count). The molecule has 1 aromatic carbocycles. The predicted molar refractivity (Wildman–Crippen MR) is 62.7 cm³/mol. The largest absolute Gasteiger partial charge is 0.268 e. The summed E-state index contributed by atoms with van der Waals surface area (Å²) in [5.41, 5.74) is 2.71. The molecule has 0 amide bonds. The Hall–Kier alpha value is -1.42. The van der Waals surface area contributed by atoms with Gasteiger partial charge in [0.2, 0.25) is 0 Å². The third-order valence-corrected chi connectivity index (χ3v) is 3.02. The van der Waals surface area contributed by atoms with E-state index in [1.807, 2.05) is 25.1 Å². The zero-order valence-electron chi connectivity index (χ0n) is 8.12. The Morgan fingerprint density at radius 1 is 1.27 bits per heavy atom. The van der Waals surface area contributed by atoms with E-state index in [1.165, 1.54) is 6.07 Å². The minimum atomic E-state index is -0.187. The second-order valence-corrected chi connectivity index (χ2v) is 4.12. The van der Waals surface area contributed by atoms with Crippen LogP contribution in [0.15, 0.2) is 39.6 Å². The van der Waals surface area contributed by atoms with Gasteiger partial charge in [-0.3, -0.25) is 4.79 Å². The maximum absolute atomic E-state index is 10.8. The fourth-order valence-electron chi connectivity index (χ4n) is 1.31. The normalized spacial score (nSPS) is 10.3. The minimum absolute atomic E-state index is 0.187. The van der Waals surface area contributed by atoms with Crippen molar-refractivity contribution in [2.45, 2.75) is 6.92 Å². The van der Waals surface area contributed by atoms with Gasteiger partial charge in [0, 0.05) is 16.1 Å². The molecule has 3 nitrogen and oxygen atoms in total. The fourth-order valence-corrected chi connectivity index (χ4v) is 1.56. The van der Waals surface area contributed by atoms with E-state index < -0.39 is 0 Å². The highest BCUT2D eigenvalue weighted by atomic mass is 79.9. The predicted octanol–water partition coefficient (Wildman–Crippen LogP) is 2.51. The Kier molecular flexibility index (Phi) is 2.68. The lowest BCUT2D eigenvalue weighted by atomic mass is 10.1. The van der Waals surface area contributed by atoms with Crippen molar-refractivity contribution in [3.05, 3.63) is 50.7 Å². The van der Waals surface area contributed by atoms with Gasteiger partial charge in [-0.2, -0.15) is 5.10 Å². The first-order valence-electron chi connectivity index (χ1n) is 4.49. The van der Waals surface area contributed by atoms with Crippen molar-refractivity contribution in [3.63, 3.8) is 0 Å². The van der Waals surface area contributed by atoms with E-state index in [0.717, 1.165) is 21.3 Å². The standard InChI is InChI=1S/C11H9BrN2O/c1-7-6-8(2-3-9(7)12)10-4-5-11(15)14-13-10/h2-6H,1H3,(H,14,15). The molecule has 1 heterocycles. The summed E-state index contributed by atoms with van der Waals surface area (Å²) >= 11 is 3.44. The molecule has 0 aliphatic carbocycles. The van der Waals surface area contributed by atoms with Gasteiger partial charge in [0.05, 0.1) is 5.69 Å². The van der Waals surface area contributed by atoms with Crippen molar-refractivity contribution in [2.24, 2.45) is 0 Å². The van der Waals surface area contributed by atoms with Crippen molar-refractivity contribution < 1.29 is 0 Å². The first-order chi connectivity index (χ1) is 7.16. The highest BCUT2D eigenvalue weighted by Gasteiger charge is 2.01. The summed E-state index contributed by atoms with van der Waals surface area (Å²) in [5, 5.41) is 6.38. The average Bonchev–Trinajstić information content (AvgIpc) is 2.23. The smallest absolute Gasteiger partial charge is 0.264 e. The number of halogens is 1. The zero-order chi connectivity index (χ0) is 10.8. The lowest BCUT2D eigenvalue weighted by Gasteiger charge is -2.02. The van der Waals surface area contributed by atoms with Crippen LogP contribution in [-0.4, -0.2) is 10.2 Å². The molecule has 0 aliphatic rings. The van der Waals surface area contributed by atoms with Gasteiger partial charge in [-0.1, -0.05) is 22.0 Å². The number of rotatable bonds is 1. The Bertz CT molecular complexity index is 528. The van der Waals surface area contributed by atoms with E-state index in [1.54, 1.807) is 6.07 Å². The number of hydrogen-bond donors (Lipinski definition) is 1. The average molecular weight is 265 g/mol. The van der Waals surface area contributed by atoms with Gasteiger partial charge in [-0.05, 0) is 30.7 Å². The summed E-state index contributed by atoms with van der Waals surface area (Å²) in [6.07, 6.45) is 0. The fraction of sp³-hybridized carbons (Fsp3) is 0.0909. The van der Waals surface area contributed by atoms with Crippen LogP contribution < -0.4 is 5.56 Å². The first kappa shape index (κ1) is 10.1. The molecule has 0 atom stereocenters. The Balaban J connectivity index is 2.50. The molecule has 4 heteroatoms. The number of H-pyrrole nitrogens is 1. The lowest BCUT2D eigenvalue weighted by Crippen LogP contribution is -2.05. The van der Waals surface area contributed by atoms with E-state index in [0.29, 0.717) is 0 Å². The second-order valence-electron chi connectivity index (χ2n) is 3.27. The van der Waals surface area contributed by atoms with Gasteiger partial charge >= 0.3 is 0 Å². The number of aromatic amines is 1. The van der Waals surface area contributed by atoms with Crippen molar-refractivity contribution >= 4 is 15.9 Å². The molecular formula is C11H9BrN2O. The summed E-state index contributed by atoms with van der Waals surface area (Å²) in [6.45, 7) is 2.01. The van der Waals surface area contributed by atoms with Crippen LogP contribution in [0.1, 0.15) is 5.56 Å². The monoisotopic (exact) mass is 264 g/mol. The summed E-state index contributed by atoms with van der Waals surface area (Å²) < 4.78 is 1.07. The molecule has 0 saturated carbocycles. The van der Waals surface area contributed by atoms with Gasteiger partial charge in [0.25, 0.3) is 5.56 Å². The van der Waals surface area contributed by atoms with Crippen molar-refractivity contribution in [1.29, 1.82) is 0 Å². The molecule has 76 valence electrons. The molecule has 0 unspecified atom stereocenters. The molecule has 15 heavy (non-hydrogen) atoms. The highest BCUT2D eigenvalue weighted by molar-refractivity contribution is 9.10. The summed E-state index contributed by atoms with van der Waals surface area (Å²) in [6, 6.07) is 9.13. The van der Waals surface area contributed by atoms with Gasteiger partial charge in [-0.15, -0.1) is 0 Å². The number of benzene rings is 1. The molecule has 1 aromatic heterocycles. The Labute approximate surface area is 95.3 Å². The van der Waals surface area contributed by atoms with E-state index in [2.05, 4.69) is 26.1 Å². The highest BCUT2D eigenvalue weighted by Crippen LogP contribution is 2.22. The van der Waals surface area contributed by atoms with Crippen molar-refractivity contribution in [1.82, 2.24) is 10.2 Å². The first-order valence-corrected chi connectivity index (χ1v) is 5.28. The van der Waals surface area contributed by atoms with Crippen LogP contribution in [0.4, 0.5) is 0 Å². The molecule has 0 radical (unpaired) electrons. The van der Waals surface area contributed by atoms with Crippen LogP contribution in [0.2, 0.25) is 0 Å². The molecule has 0 fully saturated rings. The van der Waals surface area contributed by atoms with Gasteiger partial charge in [0.15, 0.2) is 0 Å². The minimum Gasteiger partial charge on any atom is -0.268 e. The lowest BCUT2D eigenvalue weighted by molar-refractivity contribution is 0.995. The molecular weight excluding hydrogens is 256 g/mol. The topological polar surface area (TPSA) is 45.8 Å². The van der Waals surface area contributed by atoms with Crippen molar-refractivity contribution in [3.8, 4) is 11.3 Å². The molecule has 0 bridgehead atoms. The van der Waals surface area contributed by atoms with Gasteiger partial charge < -0.3 is 0 Å². The van der Waals surface area contributed by atoms with Crippen LogP contribution in [0.25, 0.3) is 11.3 Å². The van der Waals surface area contributed by atoms with Gasteiger partial charge in [-0.25, -0.2) is 5.10 Å². The number of nitrogens with zero attached hydrogens (tertiary/aromatic N) is 1. The number of aromatic nitrogens is 2. The Morgan fingerprint density at radius 2 is 2.07 bits per heavy atom. The third kappa shape index (κ3) is 2.15. The van der Waals surface area contributed by atoms with Crippen LogP contribution in [0, 0.1) is 6.92 Å². The summed E-state index contributed by atoms with van der Waals surface area (Å²) in [4.78, 5) is 10.8. The van der Waals surface area contributed by atoms with Gasteiger partial charge in [0.1, 0.15) is 0 Å². The molecule has 2 aromatic rings. The van der Waals surface area contributed by atoms with E-state index in [9.17, 15) is 4.79 Å². The van der Waals surface area contributed by atoms with Crippen molar-refractivity contribution in [2.75, 3.05) is 0 Å². The molecule has 0 aliphatic heterocycles. The molecule has 1 N–H and O–H groups in total.